The molecule has 6 N–H and O–H groups in total. The molecule has 4 aromatic rings. The van der Waals surface area contributed by atoms with Crippen molar-refractivity contribution in [3.63, 3.8) is 0 Å². The monoisotopic (exact) mass is 591 g/mol. The predicted octanol–water partition coefficient (Wildman–Crippen LogP) is -1.22. The van der Waals surface area contributed by atoms with Crippen LogP contribution in [-0.2, 0) is 32.6 Å². The molecule has 20 heteroatoms. The molecule has 0 aromatic carbocycles. The van der Waals surface area contributed by atoms with Crippen molar-refractivity contribution in [1.82, 2.24) is 39.0 Å². The molecular formula is C21H24N10O9P+. The summed E-state index contributed by atoms with van der Waals surface area (Å²) in [6.45, 7) is -0.716. The Kier molecular flexibility index (Phi) is 6.69. The minimum atomic E-state index is -2.82. The summed E-state index contributed by atoms with van der Waals surface area (Å²) in [7, 11) is -2.82. The largest absolute Gasteiger partial charge is 0.698 e. The van der Waals surface area contributed by atoms with E-state index in [-0.39, 0.29) is 31.6 Å². The molecule has 0 amide bonds. The van der Waals surface area contributed by atoms with Crippen molar-refractivity contribution in [2.45, 2.75) is 49.1 Å². The van der Waals surface area contributed by atoms with Gasteiger partial charge in [-0.3, -0.25) is 9.13 Å². The van der Waals surface area contributed by atoms with Gasteiger partial charge in [0.2, 0.25) is 0 Å². The van der Waals surface area contributed by atoms with Crippen LogP contribution in [0.2, 0.25) is 0 Å². The minimum Gasteiger partial charge on any atom is -0.387 e. The number of anilines is 2. The molecule has 3 aliphatic rings. The van der Waals surface area contributed by atoms with Crippen LogP contribution >= 0.6 is 8.25 Å². The molecule has 9 atom stereocenters. The minimum absolute atomic E-state index is 0.126. The quantitative estimate of drug-likeness (QED) is 0.199. The lowest BCUT2D eigenvalue weighted by molar-refractivity contribution is -0.152. The molecule has 3 fully saturated rings. The van der Waals surface area contributed by atoms with Gasteiger partial charge in [0.05, 0.1) is 19.3 Å². The van der Waals surface area contributed by atoms with Gasteiger partial charge in [-0.15, -0.1) is 9.05 Å². The first-order chi connectivity index (χ1) is 19.9. The summed E-state index contributed by atoms with van der Waals surface area (Å²) in [5.41, 5.74) is 13.1. The van der Waals surface area contributed by atoms with E-state index in [1.165, 1.54) is 34.4 Å². The van der Waals surface area contributed by atoms with Crippen LogP contribution in [0.1, 0.15) is 12.5 Å². The average molecular weight is 591 g/mol. The number of hydrogen-bond acceptors (Lipinski definition) is 17. The van der Waals surface area contributed by atoms with Crippen molar-refractivity contribution in [1.29, 1.82) is 0 Å². The van der Waals surface area contributed by atoms with Gasteiger partial charge in [0.1, 0.15) is 67.6 Å². The molecule has 3 saturated heterocycles. The zero-order chi connectivity index (χ0) is 28.2. The lowest BCUT2D eigenvalue weighted by atomic mass is 10.1. The van der Waals surface area contributed by atoms with Gasteiger partial charge in [-0.25, -0.2) is 29.9 Å². The number of nitrogens with two attached hydrogens (primary N) is 2. The third-order valence-electron chi connectivity index (χ3n) is 7.12. The predicted molar refractivity (Wildman–Crippen MR) is 133 cm³/mol. The third kappa shape index (κ3) is 4.47. The Morgan fingerprint density at radius 3 is 2.12 bits per heavy atom. The molecule has 19 nitrogen and oxygen atoms in total. The number of rotatable bonds is 2. The van der Waals surface area contributed by atoms with E-state index < -0.39 is 57.3 Å². The lowest BCUT2D eigenvalue weighted by Crippen LogP contribution is -2.37. The Balaban J connectivity index is 1.13. The van der Waals surface area contributed by atoms with Gasteiger partial charge in [-0.05, 0) is 0 Å². The topological polar surface area (TPSA) is 252 Å². The van der Waals surface area contributed by atoms with Gasteiger partial charge in [-0.1, -0.05) is 0 Å². The molecule has 0 radical (unpaired) electrons. The number of nitrogens with zero attached hydrogens (tertiary/aromatic N) is 8. The number of aliphatic hydroxyl groups excluding tert-OH is 2. The molecule has 7 heterocycles. The fourth-order valence-corrected chi connectivity index (χ4v) is 5.91. The number of aromatic nitrogens is 8. The molecular weight excluding hydrogens is 567 g/mol. The number of aliphatic hydroxyl groups is 2. The van der Waals surface area contributed by atoms with E-state index in [2.05, 4.69) is 29.9 Å². The van der Waals surface area contributed by atoms with Crippen LogP contribution in [-0.4, -0.2) is 106 Å². The maximum absolute atomic E-state index is 13.0. The third-order valence-corrected chi connectivity index (χ3v) is 7.90. The molecule has 1 unspecified atom stereocenters. The first-order valence-electron chi connectivity index (χ1n) is 12.4. The Labute approximate surface area is 230 Å². The number of imidazole rings is 2. The highest BCUT2D eigenvalue weighted by atomic mass is 31.1. The maximum Gasteiger partial charge on any atom is 0.698 e. The molecule has 216 valence electrons. The number of nitrogen functional groups attached to an aromatic ring is 2. The first kappa shape index (κ1) is 26.4. The van der Waals surface area contributed by atoms with Crippen LogP contribution in [0, 0.1) is 0 Å². The van der Waals surface area contributed by atoms with E-state index in [0.717, 1.165) is 0 Å². The Hall–Kier alpha value is -3.52. The van der Waals surface area contributed by atoms with E-state index in [0.29, 0.717) is 22.3 Å². The van der Waals surface area contributed by atoms with Crippen molar-refractivity contribution in [3.8, 4) is 0 Å². The van der Waals surface area contributed by atoms with Crippen molar-refractivity contribution in [3.05, 3.63) is 25.3 Å². The highest BCUT2D eigenvalue weighted by Gasteiger charge is 2.53. The van der Waals surface area contributed by atoms with Gasteiger partial charge < -0.3 is 40.6 Å². The molecule has 0 spiro atoms. The van der Waals surface area contributed by atoms with Crippen LogP contribution in [0.5, 0.6) is 0 Å². The van der Waals surface area contributed by atoms with Crippen molar-refractivity contribution in [2.75, 3.05) is 31.5 Å². The van der Waals surface area contributed by atoms with Gasteiger partial charge in [0, 0.05) is 4.57 Å². The summed E-state index contributed by atoms with van der Waals surface area (Å²) in [6, 6.07) is 0. The normalized spacial score (nSPS) is 33.9. The summed E-state index contributed by atoms with van der Waals surface area (Å²) >= 11 is 0. The maximum atomic E-state index is 13.0. The second kappa shape index (κ2) is 10.4. The molecule has 4 aromatic heterocycles. The van der Waals surface area contributed by atoms with E-state index >= 15 is 0 Å². The zero-order valence-corrected chi connectivity index (χ0v) is 21.9. The molecule has 3 aliphatic heterocycles. The van der Waals surface area contributed by atoms with Crippen LogP contribution in [0.3, 0.4) is 0 Å². The van der Waals surface area contributed by atoms with Crippen LogP contribution in [0.4, 0.5) is 11.6 Å². The number of fused-ring (bicyclic) bond motifs is 5. The number of ether oxygens (including phenoxy) is 4. The van der Waals surface area contributed by atoms with Crippen LogP contribution in [0.25, 0.3) is 22.3 Å². The fourth-order valence-electron chi connectivity index (χ4n) is 5.15. The Morgan fingerprint density at radius 1 is 0.805 bits per heavy atom. The van der Waals surface area contributed by atoms with Crippen molar-refractivity contribution in [2.24, 2.45) is 0 Å². The summed E-state index contributed by atoms with van der Waals surface area (Å²) < 4.78 is 50.6. The number of hydrogen-bond donors (Lipinski definition) is 4. The molecule has 2 bridgehead atoms. The smallest absolute Gasteiger partial charge is 0.387 e. The molecule has 0 saturated carbocycles. The summed E-state index contributed by atoms with van der Waals surface area (Å²) in [5, 5.41) is 22.1. The lowest BCUT2D eigenvalue weighted by Gasteiger charge is -2.21. The van der Waals surface area contributed by atoms with E-state index in [1.54, 1.807) is 0 Å². The molecule has 41 heavy (non-hydrogen) atoms. The van der Waals surface area contributed by atoms with Crippen LogP contribution in [0.15, 0.2) is 25.3 Å². The highest BCUT2D eigenvalue weighted by Crippen LogP contribution is 2.41. The molecule has 0 aliphatic carbocycles. The van der Waals surface area contributed by atoms with Gasteiger partial charge in [-0.2, -0.15) is 0 Å². The summed E-state index contributed by atoms with van der Waals surface area (Å²) in [4.78, 5) is 24.7. The first-order valence-corrected chi connectivity index (χ1v) is 13.5. The summed E-state index contributed by atoms with van der Waals surface area (Å²) in [6.07, 6.45) is -3.07. The van der Waals surface area contributed by atoms with Gasteiger partial charge in [0.15, 0.2) is 41.5 Å². The van der Waals surface area contributed by atoms with E-state index in [4.69, 9.17) is 39.5 Å². The second-order valence-electron chi connectivity index (χ2n) is 9.49. The van der Waals surface area contributed by atoms with E-state index in [1.807, 2.05) is 0 Å². The van der Waals surface area contributed by atoms with Gasteiger partial charge in [0.25, 0.3) is 0 Å². The van der Waals surface area contributed by atoms with Crippen molar-refractivity contribution < 1.29 is 42.8 Å². The highest BCUT2D eigenvalue weighted by molar-refractivity contribution is 7.33. The Morgan fingerprint density at radius 2 is 1.44 bits per heavy atom. The molecule has 7 rings (SSSR count). The standard InChI is InChI=1S/C21H24N10O9P/c22-16-10-18(26-3-24-16)30(5-28-10)20-13(33)14-9(39-20)2-37-41(34)40-15-12(32)8(1-35-7-36-14)38-21(15)31-6-29-11-17(23)25-4-27-19(11)31/h3-6,8-9,12-15,20-21,32-33H,1-2,7H2,(H2,22,24,26)(H2,23,25,27)/q+1/t8-,9-,12-,13-,14-,15-,20-,21-/m1/s1. The Bertz CT molecular complexity index is 1600. The van der Waals surface area contributed by atoms with Gasteiger partial charge >= 0.3 is 8.25 Å². The van der Waals surface area contributed by atoms with E-state index in [9.17, 15) is 14.8 Å². The van der Waals surface area contributed by atoms with Crippen LogP contribution < -0.4 is 11.5 Å². The zero-order valence-electron chi connectivity index (χ0n) is 21.0. The summed E-state index contributed by atoms with van der Waals surface area (Å²) in [5.74, 6) is 0.326. The average Bonchev–Trinajstić information content (AvgIpc) is 3.72. The van der Waals surface area contributed by atoms with Crippen molar-refractivity contribution >= 4 is 42.2 Å². The fraction of sp³-hybridized carbons (Fsp3) is 0.524. The SMILES string of the molecule is Nc1ncnc2c1ncn2[C@@H]1O[C@@H]2CO[P+](=O)O[C@@H]3[C@H](O)[C@@H](COCO[C@H]2[C@H]1O)O[C@H]3n1cnc2c(N)ncnc21. The second-order valence-corrected chi connectivity index (χ2v) is 10.4.